The third kappa shape index (κ3) is 3.96. The smallest absolute Gasteiger partial charge is 0.220 e. The number of hydrogen-bond donors (Lipinski definition) is 1. The van der Waals surface area contributed by atoms with E-state index in [1.807, 2.05) is 36.3 Å². The Hall–Kier alpha value is -2.44. The third-order valence-corrected chi connectivity index (χ3v) is 5.36. The predicted molar refractivity (Wildman–Crippen MR) is 103 cm³/mol. The molecular formula is C20H29N5O2. The van der Waals surface area contributed by atoms with E-state index in [4.69, 9.17) is 10.1 Å². The molecule has 0 spiro atoms. The van der Waals surface area contributed by atoms with Crippen LogP contribution >= 0.6 is 0 Å². The average molecular weight is 371 g/mol. The van der Waals surface area contributed by atoms with Gasteiger partial charge in [-0.3, -0.25) is 9.59 Å². The molecule has 1 aliphatic rings. The lowest BCUT2D eigenvalue weighted by atomic mass is 10.1. The Morgan fingerprint density at radius 1 is 1.33 bits per heavy atom. The lowest BCUT2D eigenvalue weighted by Gasteiger charge is -2.21. The number of aryl methyl sites for hydroxylation is 2. The van der Waals surface area contributed by atoms with Crippen molar-refractivity contribution in [1.82, 2.24) is 24.8 Å². The van der Waals surface area contributed by atoms with Gasteiger partial charge in [0.25, 0.3) is 0 Å². The Balaban J connectivity index is 1.86. The molecule has 2 aromatic rings. The van der Waals surface area contributed by atoms with Crippen LogP contribution < -0.4 is 5.32 Å². The van der Waals surface area contributed by atoms with Crippen LogP contribution in [0.3, 0.4) is 0 Å². The van der Waals surface area contributed by atoms with Gasteiger partial charge < -0.3 is 10.2 Å². The summed E-state index contributed by atoms with van der Waals surface area (Å²) >= 11 is 0. The maximum atomic E-state index is 11.9. The van der Waals surface area contributed by atoms with Gasteiger partial charge >= 0.3 is 0 Å². The molecule has 1 fully saturated rings. The van der Waals surface area contributed by atoms with Crippen molar-refractivity contribution < 1.29 is 9.59 Å². The molecule has 2 aromatic heterocycles. The summed E-state index contributed by atoms with van der Waals surface area (Å²) in [6.45, 7) is 9.16. The Bertz CT molecular complexity index is 858. The summed E-state index contributed by atoms with van der Waals surface area (Å²) in [5.74, 6) is 0.161. The van der Waals surface area contributed by atoms with Crippen molar-refractivity contribution in [3.63, 3.8) is 0 Å². The van der Waals surface area contributed by atoms with Crippen LogP contribution in [0.15, 0.2) is 6.07 Å². The zero-order valence-electron chi connectivity index (χ0n) is 16.7. The minimum absolute atomic E-state index is 0.0344. The second kappa shape index (κ2) is 8.06. The fraction of sp³-hybridized carbons (Fsp3) is 0.600. The molecular weight excluding hydrogens is 342 g/mol. The van der Waals surface area contributed by atoms with Gasteiger partial charge in [-0.05, 0) is 45.1 Å². The Morgan fingerprint density at radius 2 is 2.11 bits per heavy atom. The fourth-order valence-electron chi connectivity index (χ4n) is 3.91. The van der Waals surface area contributed by atoms with E-state index >= 15 is 0 Å². The van der Waals surface area contributed by atoms with Crippen molar-refractivity contribution in [1.29, 1.82) is 0 Å². The number of carbonyl (C=O) groups is 2. The maximum absolute atomic E-state index is 11.9. The van der Waals surface area contributed by atoms with Crippen molar-refractivity contribution in [2.45, 2.75) is 65.8 Å². The topological polar surface area (TPSA) is 79.6 Å². The molecule has 3 heterocycles. The predicted octanol–water partition coefficient (Wildman–Crippen LogP) is 2.49. The molecule has 1 N–H and O–H groups in total. The number of nitrogens with zero attached hydrogens (tertiary/aromatic N) is 4. The number of aromatic nitrogens is 3. The normalized spacial score (nSPS) is 16.9. The van der Waals surface area contributed by atoms with Gasteiger partial charge in [-0.15, -0.1) is 0 Å². The molecule has 0 aliphatic carbocycles. The number of likely N-dealkylation sites (tertiary alicyclic amines) is 1. The quantitative estimate of drug-likeness (QED) is 0.846. The molecule has 1 unspecified atom stereocenters. The first kappa shape index (κ1) is 19.3. The highest BCUT2D eigenvalue weighted by atomic mass is 16.2. The van der Waals surface area contributed by atoms with E-state index in [0.29, 0.717) is 19.4 Å². The fourth-order valence-corrected chi connectivity index (χ4v) is 3.91. The monoisotopic (exact) mass is 371 g/mol. The van der Waals surface area contributed by atoms with Crippen LogP contribution in [0.5, 0.6) is 0 Å². The van der Waals surface area contributed by atoms with Gasteiger partial charge in [0.15, 0.2) is 5.65 Å². The van der Waals surface area contributed by atoms with E-state index < -0.39 is 0 Å². The largest absolute Gasteiger partial charge is 0.356 e. The molecule has 3 rings (SSSR count). The van der Waals surface area contributed by atoms with Crippen LogP contribution in [0.2, 0.25) is 0 Å². The maximum Gasteiger partial charge on any atom is 0.220 e. The second-order valence-electron chi connectivity index (χ2n) is 7.32. The summed E-state index contributed by atoms with van der Waals surface area (Å²) in [6.07, 6.45) is 3.97. The molecule has 27 heavy (non-hydrogen) atoms. The zero-order chi connectivity index (χ0) is 19.6. The van der Waals surface area contributed by atoms with Crippen LogP contribution in [0.1, 0.15) is 68.2 Å². The molecule has 7 heteroatoms. The van der Waals surface area contributed by atoms with E-state index in [0.717, 1.165) is 54.1 Å². The van der Waals surface area contributed by atoms with E-state index in [1.165, 1.54) is 0 Å². The van der Waals surface area contributed by atoms with Crippen LogP contribution in [0.25, 0.3) is 5.65 Å². The summed E-state index contributed by atoms with van der Waals surface area (Å²) in [7, 11) is 0. The minimum atomic E-state index is 0.0344. The van der Waals surface area contributed by atoms with Crippen molar-refractivity contribution in [2.75, 3.05) is 13.1 Å². The van der Waals surface area contributed by atoms with Crippen LogP contribution in [-0.4, -0.2) is 44.4 Å². The number of hydrogen-bond acceptors (Lipinski definition) is 4. The minimum Gasteiger partial charge on any atom is -0.356 e. The van der Waals surface area contributed by atoms with Crippen molar-refractivity contribution in [3.8, 4) is 0 Å². The summed E-state index contributed by atoms with van der Waals surface area (Å²) in [4.78, 5) is 30.4. The number of amides is 2. The van der Waals surface area contributed by atoms with Gasteiger partial charge in [0, 0.05) is 43.9 Å². The van der Waals surface area contributed by atoms with Crippen LogP contribution in [-0.2, 0) is 16.0 Å². The summed E-state index contributed by atoms with van der Waals surface area (Å²) in [6, 6.07) is 2.02. The third-order valence-electron chi connectivity index (χ3n) is 5.36. The first-order valence-electron chi connectivity index (χ1n) is 9.82. The Labute approximate surface area is 160 Å². The molecule has 2 amide bonds. The molecule has 0 aromatic carbocycles. The molecule has 1 atom stereocenters. The highest BCUT2D eigenvalue weighted by Crippen LogP contribution is 2.32. The molecule has 1 saturated heterocycles. The first-order chi connectivity index (χ1) is 12.9. The highest BCUT2D eigenvalue weighted by molar-refractivity contribution is 5.76. The van der Waals surface area contributed by atoms with E-state index in [9.17, 15) is 9.59 Å². The summed E-state index contributed by atoms with van der Waals surface area (Å²) in [5.41, 5.74) is 4.72. The SMILES string of the molecule is CCCNC(=O)CCc1c(C)nc2cc(C3CCCN3C(C)=O)nn2c1C. The van der Waals surface area contributed by atoms with Crippen LogP contribution in [0.4, 0.5) is 0 Å². The standard InChI is InChI=1S/C20H29N5O2/c1-5-10-21-20(27)9-8-16-13(2)22-19-12-17(23-25(19)14(16)3)18-7-6-11-24(18)15(4)26/h12,18H,5-11H2,1-4H3,(H,21,27). The van der Waals surface area contributed by atoms with Gasteiger partial charge in [0.05, 0.1) is 11.7 Å². The van der Waals surface area contributed by atoms with Gasteiger partial charge in [-0.2, -0.15) is 5.10 Å². The van der Waals surface area contributed by atoms with Crippen molar-refractivity contribution in [2.24, 2.45) is 0 Å². The van der Waals surface area contributed by atoms with E-state index in [-0.39, 0.29) is 17.9 Å². The number of carbonyl (C=O) groups excluding carboxylic acids is 2. The van der Waals surface area contributed by atoms with Gasteiger partial charge in [0.2, 0.25) is 11.8 Å². The summed E-state index contributed by atoms with van der Waals surface area (Å²) in [5, 5.41) is 7.68. The number of fused-ring (bicyclic) bond motifs is 1. The zero-order valence-corrected chi connectivity index (χ0v) is 16.7. The Morgan fingerprint density at radius 3 is 2.81 bits per heavy atom. The van der Waals surface area contributed by atoms with Gasteiger partial charge in [-0.25, -0.2) is 9.50 Å². The molecule has 0 saturated carbocycles. The Kier molecular flexibility index (Phi) is 5.77. The summed E-state index contributed by atoms with van der Waals surface area (Å²) < 4.78 is 1.86. The molecule has 1 aliphatic heterocycles. The number of rotatable bonds is 6. The van der Waals surface area contributed by atoms with Crippen molar-refractivity contribution in [3.05, 3.63) is 28.7 Å². The molecule has 0 radical (unpaired) electrons. The van der Waals surface area contributed by atoms with Crippen LogP contribution in [0, 0.1) is 13.8 Å². The lowest BCUT2D eigenvalue weighted by Crippen LogP contribution is -2.28. The van der Waals surface area contributed by atoms with Gasteiger partial charge in [0.1, 0.15) is 0 Å². The van der Waals surface area contributed by atoms with Crippen molar-refractivity contribution >= 4 is 17.5 Å². The lowest BCUT2D eigenvalue weighted by molar-refractivity contribution is -0.129. The second-order valence-corrected chi connectivity index (χ2v) is 7.32. The van der Waals surface area contributed by atoms with E-state index in [1.54, 1.807) is 6.92 Å². The van der Waals surface area contributed by atoms with Gasteiger partial charge in [-0.1, -0.05) is 6.92 Å². The highest BCUT2D eigenvalue weighted by Gasteiger charge is 2.30. The molecule has 7 nitrogen and oxygen atoms in total. The average Bonchev–Trinajstić information content (AvgIpc) is 3.26. The molecule has 146 valence electrons. The molecule has 0 bridgehead atoms. The first-order valence-corrected chi connectivity index (χ1v) is 9.82. The van der Waals surface area contributed by atoms with E-state index in [2.05, 4.69) is 5.32 Å². The number of nitrogens with one attached hydrogen (secondary N) is 1.